The van der Waals surface area contributed by atoms with Gasteiger partial charge in [0.25, 0.3) is 0 Å². The Morgan fingerprint density at radius 2 is 1.37 bits per heavy atom. The van der Waals surface area contributed by atoms with E-state index in [1.807, 2.05) is 0 Å². The highest BCUT2D eigenvalue weighted by Gasteiger charge is 2.30. The van der Waals surface area contributed by atoms with Gasteiger partial charge in [-0.3, -0.25) is 0 Å². The van der Waals surface area contributed by atoms with Crippen LogP contribution in [0.15, 0.2) is 79.4 Å². The summed E-state index contributed by atoms with van der Waals surface area (Å²) in [6, 6.07) is 16.4. The van der Waals surface area contributed by atoms with E-state index in [9.17, 15) is 22.0 Å². The van der Waals surface area contributed by atoms with E-state index in [-0.39, 0.29) is 35.9 Å². The van der Waals surface area contributed by atoms with Crippen LogP contribution in [-0.2, 0) is 25.7 Å². The van der Waals surface area contributed by atoms with Crippen LogP contribution in [0.3, 0.4) is 0 Å². The Balaban J connectivity index is 1.41. The zero-order chi connectivity index (χ0) is 27.3. The summed E-state index contributed by atoms with van der Waals surface area (Å²) in [4.78, 5) is 0. The lowest BCUT2D eigenvalue weighted by Crippen LogP contribution is -2.17. The Labute approximate surface area is 216 Å². The van der Waals surface area contributed by atoms with Gasteiger partial charge >= 0.3 is 6.36 Å². The molecule has 4 aromatic carbocycles. The third-order valence-corrected chi connectivity index (χ3v) is 6.08. The van der Waals surface area contributed by atoms with E-state index < -0.39 is 18.0 Å². The number of fused-ring (bicyclic) bond motifs is 1. The summed E-state index contributed by atoms with van der Waals surface area (Å²) in [5.41, 5.74) is 1.98. The van der Waals surface area contributed by atoms with Gasteiger partial charge < -0.3 is 9.47 Å². The van der Waals surface area contributed by atoms with E-state index in [0.717, 1.165) is 23.3 Å². The SMILES string of the molecule is C=CCOc1cc(F)c(CCc2ccc3c(F)c(CCc4ccc(OC(F)(F)F)cc4)ccc3c2)c(F)c1. The van der Waals surface area contributed by atoms with Crippen LogP contribution in [0.1, 0.15) is 22.3 Å². The Morgan fingerprint density at radius 3 is 2.03 bits per heavy atom. The van der Waals surface area contributed by atoms with E-state index in [1.54, 1.807) is 30.3 Å². The lowest BCUT2D eigenvalue weighted by molar-refractivity contribution is -0.274. The smallest absolute Gasteiger partial charge is 0.489 e. The van der Waals surface area contributed by atoms with Crippen LogP contribution in [-0.4, -0.2) is 13.0 Å². The molecule has 0 amide bonds. The highest BCUT2D eigenvalue weighted by atomic mass is 19.4. The van der Waals surface area contributed by atoms with Gasteiger partial charge in [-0.05, 0) is 59.9 Å². The molecule has 0 atom stereocenters. The third-order valence-electron chi connectivity index (χ3n) is 6.08. The largest absolute Gasteiger partial charge is 0.573 e. The van der Waals surface area contributed by atoms with Crippen molar-refractivity contribution in [1.82, 2.24) is 0 Å². The first-order valence-corrected chi connectivity index (χ1v) is 11.9. The Kier molecular flexibility index (Phi) is 8.29. The maximum atomic E-state index is 15.2. The average Bonchev–Trinajstić information content (AvgIpc) is 2.86. The molecule has 2 nitrogen and oxygen atoms in total. The molecule has 0 unspecified atom stereocenters. The summed E-state index contributed by atoms with van der Waals surface area (Å²) in [5.74, 6) is -1.98. The maximum Gasteiger partial charge on any atom is 0.573 e. The van der Waals surface area contributed by atoms with E-state index in [2.05, 4.69) is 11.3 Å². The fourth-order valence-corrected chi connectivity index (χ4v) is 4.20. The number of hydrogen-bond donors (Lipinski definition) is 0. The molecule has 0 radical (unpaired) electrons. The number of benzene rings is 4. The minimum absolute atomic E-state index is 0.0458. The van der Waals surface area contributed by atoms with Gasteiger partial charge in [-0.15, -0.1) is 13.2 Å². The molecule has 0 aliphatic rings. The van der Waals surface area contributed by atoms with E-state index >= 15 is 4.39 Å². The van der Waals surface area contributed by atoms with Crippen molar-refractivity contribution >= 4 is 10.8 Å². The highest BCUT2D eigenvalue weighted by molar-refractivity contribution is 5.84. The number of ether oxygens (including phenoxy) is 2. The lowest BCUT2D eigenvalue weighted by atomic mass is 9.97. The van der Waals surface area contributed by atoms with E-state index in [4.69, 9.17) is 4.74 Å². The summed E-state index contributed by atoms with van der Waals surface area (Å²) in [5, 5.41) is 1.08. The molecule has 4 rings (SSSR count). The first-order chi connectivity index (χ1) is 18.1. The molecule has 0 aliphatic heterocycles. The van der Waals surface area contributed by atoms with Crippen molar-refractivity contribution in [1.29, 1.82) is 0 Å². The molecule has 0 bridgehead atoms. The van der Waals surface area contributed by atoms with Crippen molar-refractivity contribution in [3.8, 4) is 11.5 Å². The average molecular weight is 531 g/mol. The van der Waals surface area contributed by atoms with Crippen molar-refractivity contribution < 1.29 is 35.8 Å². The van der Waals surface area contributed by atoms with Gasteiger partial charge in [0.15, 0.2) is 0 Å². The van der Waals surface area contributed by atoms with Crippen molar-refractivity contribution in [2.75, 3.05) is 6.61 Å². The molecule has 198 valence electrons. The predicted molar refractivity (Wildman–Crippen MR) is 134 cm³/mol. The summed E-state index contributed by atoms with van der Waals surface area (Å²) in [6.07, 6.45) is -2.01. The first-order valence-electron chi connectivity index (χ1n) is 11.9. The summed E-state index contributed by atoms with van der Waals surface area (Å²) in [7, 11) is 0. The second-order valence-electron chi connectivity index (χ2n) is 8.75. The zero-order valence-electron chi connectivity index (χ0n) is 20.3. The van der Waals surface area contributed by atoms with Gasteiger partial charge in [0, 0.05) is 23.1 Å². The molecular weight excluding hydrogens is 506 g/mol. The quantitative estimate of drug-likeness (QED) is 0.152. The second kappa shape index (κ2) is 11.6. The molecule has 0 saturated heterocycles. The highest BCUT2D eigenvalue weighted by Crippen LogP contribution is 2.27. The van der Waals surface area contributed by atoms with Gasteiger partial charge in [-0.2, -0.15) is 0 Å². The van der Waals surface area contributed by atoms with Crippen LogP contribution in [0.2, 0.25) is 0 Å². The number of rotatable bonds is 10. The molecule has 38 heavy (non-hydrogen) atoms. The molecule has 0 saturated carbocycles. The molecule has 0 heterocycles. The number of aryl methyl sites for hydroxylation is 3. The van der Waals surface area contributed by atoms with Crippen LogP contribution >= 0.6 is 0 Å². The van der Waals surface area contributed by atoms with Crippen molar-refractivity contribution in [3.63, 3.8) is 0 Å². The molecule has 0 fully saturated rings. The van der Waals surface area contributed by atoms with E-state index in [1.165, 1.54) is 30.3 Å². The van der Waals surface area contributed by atoms with Crippen molar-refractivity contribution in [3.05, 3.63) is 119 Å². The van der Waals surface area contributed by atoms with Crippen LogP contribution < -0.4 is 9.47 Å². The Morgan fingerprint density at radius 1 is 0.711 bits per heavy atom. The predicted octanol–water partition coefficient (Wildman–Crippen LogP) is 8.29. The molecular formula is C30H24F6O2. The van der Waals surface area contributed by atoms with Gasteiger partial charge in [0.1, 0.15) is 35.6 Å². The summed E-state index contributed by atoms with van der Waals surface area (Å²) >= 11 is 0. The fourth-order valence-electron chi connectivity index (χ4n) is 4.20. The van der Waals surface area contributed by atoms with Gasteiger partial charge in [-0.25, -0.2) is 13.2 Å². The molecule has 0 aromatic heterocycles. The van der Waals surface area contributed by atoms with Crippen LogP contribution in [0, 0.1) is 17.5 Å². The molecule has 0 N–H and O–H groups in total. The van der Waals surface area contributed by atoms with Crippen LogP contribution in [0.4, 0.5) is 26.3 Å². The van der Waals surface area contributed by atoms with Crippen molar-refractivity contribution in [2.24, 2.45) is 0 Å². The summed E-state index contributed by atoms with van der Waals surface area (Å²) in [6.45, 7) is 3.64. The molecule has 8 heteroatoms. The topological polar surface area (TPSA) is 18.5 Å². The monoisotopic (exact) mass is 530 g/mol. The summed E-state index contributed by atoms with van der Waals surface area (Å²) < 4.78 is 90.0. The second-order valence-corrected chi connectivity index (χ2v) is 8.75. The molecule has 4 aromatic rings. The van der Waals surface area contributed by atoms with Crippen LogP contribution in [0.5, 0.6) is 11.5 Å². The zero-order valence-corrected chi connectivity index (χ0v) is 20.3. The molecule has 0 spiro atoms. The third kappa shape index (κ3) is 6.88. The van der Waals surface area contributed by atoms with Gasteiger partial charge in [0.2, 0.25) is 0 Å². The standard InChI is InChI=1S/C30H24F6O2/c1-2-15-37-24-17-27(31)26(28(32)18-24)14-7-20-6-13-25-22(16-20)10-9-21(29(25)33)8-3-19-4-11-23(12-5-19)38-30(34,35)36/h2,4-6,9-13,16-18H,1,3,7-8,14-15H2. The van der Waals surface area contributed by atoms with Crippen LogP contribution in [0.25, 0.3) is 10.8 Å². The minimum atomic E-state index is -4.76. The number of hydrogen-bond acceptors (Lipinski definition) is 2. The number of halogens is 6. The lowest BCUT2D eigenvalue weighted by Gasteiger charge is -2.11. The number of alkyl halides is 3. The Hall–Kier alpha value is -3.94. The minimum Gasteiger partial charge on any atom is -0.489 e. The first kappa shape index (κ1) is 27.1. The molecule has 0 aliphatic carbocycles. The normalized spacial score (nSPS) is 11.5. The van der Waals surface area contributed by atoms with Crippen molar-refractivity contribution in [2.45, 2.75) is 32.0 Å². The Bertz CT molecular complexity index is 1400. The maximum absolute atomic E-state index is 15.2. The van der Waals surface area contributed by atoms with Gasteiger partial charge in [0.05, 0.1) is 0 Å². The fraction of sp³-hybridized carbons (Fsp3) is 0.200. The van der Waals surface area contributed by atoms with E-state index in [0.29, 0.717) is 35.6 Å². The van der Waals surface area contributed by atoms with Gasteiger partial charge in [-0.1, -0.05) is 55.1 Å².